The van der Waals surface area contributed by atoms with E-state index in [-0.39, 0.29) is 40.7 Å². The van der Waals surface area contributed by atoms with E-state index in [1.54, 1.807) is 37.4 Å². The van der Waals surface area contributed by atoms with Crippen LogP contribution in [0.1, 0.15) is 50.5 Å². The minimum Gasteiger partial charge on any atom is -0.443 e. The first kappa shape index (κ1) is 32.8. The molecule has 6 heterocycles. The van der Waals surface area contributed by atoms with Crippen LogP contribution in [0.4, 0.5) is 0 Å². The number of carbonyl (C=O) groups excluding carboxylic acids is 3. The Morgan fingerprint density at radius 3 is 2.26 bits per heavy atom. The van der Waals surface area contributed by atoms with Crippen LogP contribution < -0.4 is 16.0 Å². The lowest BCUT2D eigenvalue weighted by atomic mass is 9.97. The molecule has 0 saturated carbocycles. The van der Waals surface area contributed by atoms with Crippen LogP contribution in [0.5, 0.6) is 0 Å². The molecule has 16 heteroatoms. The van der Waals surface area contributed by atoms with E-state index in [4.69, 9.17) is 23.2 Å². The second-order valence-corrected chi connectivity index (χ2v) is 13.2. The second kappa shape index (κ2) is 13.6. The molecule has 3 N–H and O–H groups in total. The predicted octanol–water partition coefficient (Wildman–Crippen LogP) is 6.04. The Kier molecular flexibility index (Phi) is 8.95. The van der Waals surface area contributed by atoms with Crippen molar-refractivity contribution in [2.75, 3.05) is 0 Å². The average molecular weight is 711 g/mol. The van der Waals surface area contributed by atoms with Crippen LogP contribution in [0.3, 0.4) is 0 Å². The van der Waals surface area contributed by atoms with Crippen LogP contribution in [0.25, 0.3) is 61.6 Å². The third-order valence-corrected chi connectivity index (χ3v) is 9.81. The number of oxazole rings is 3. The summed E-state index contributed by atoms with van der Waals surface area (Å²) in [4.78, 5) is 63.9. The molecule has 3 unspecified atom stereocenters. The standard InChI is InChI=1S/C34H30N8O6S2/c1-5-16(3)24-28(44)35-17(4)27(43)36-19(6-2)30-37-20(12-46-30)31-38-21(13-47-31)33-40-23(15-50-33)34-39-22(14-49-34)32-42-25(29(45)41-24)26(48-32)18-10-8-7-9-11-18/h6-17,24H,5H2,1-4H3,(H,35,44)(H,36,43)(H,41,45)/b19-6-. The van der Waals surface area contributed by atoms with E-state index in [0.29, 0.717) is 44.8 Å². The summed E-state index contributed by atoms with van der Waals surface area (Å²) in [5.41, 5.74) is 2.70. The molecule has 50 heavy (non-hydrogen) atoms. The van der Waals surface area contributed by atoms with Gasteiger partial charge in [0.1, 0.15) is 51.7 Å². The topological polar surface area (TPSA) is 191 Å². The molecule has 1 aliphatic rings. The molecule has 5 aromatic heterocycles. The van der Waals surface area contributed by atoms with Gasteiger partial charge in [-0.25, -0.2) is 24.9 Å². The maximum absolute atomic E-state index is 13.9. The molecule has 1 aromatic carbocycles. The van der Waals surface area contributed by atoms with Gasteiger partial charge in [0, 0.05) is 16.3 Å². The van der Waals surface area contributed by atoms with Crippen molar-refractivity contribution in [1.82, 2.24) is 40.9 Å². The van der Waals surface area contributed by atoms with Crippen molar-refractivity contribution in [2.24, 2.45) is 5.92 Å². The van der Waals surface area contributed by atoms with Gasteiger partial charge in [0.15, 0.2) is 17.1 Å². The van der Waals surface area contributed by atoms with Gasteiger partial charge in [0.05, 0.1) is 5.70 Å². The zero-order valence-electron chi connectivity index (χ0n) is 27.2. The minimum absolute atomic E-state index is 0.0112. The van der Waals surface area contributed by atoms with Crippen molar-refractivity contribution in [2.45, 2.75) is 46.2 Å². The Bertz CT molecular complexity index is 2230. The molecule has 254 valence electrons. The van der Waals surface area contributed by atoms with E-state index in [1.165, 1.54) is 35.2 Å². The Hall–Kier alpha value is -5.74. The zero-order chi connectivity index (χ0) is 34.9. The molecule has 14 nitrogen and oxygen atoms in total. The molecule has 0 aliphatic carbocycles. The molecule has 6 aromatic rings. The summed E-state index contributed by atoms with van der Waals surface area (Å²) in [5, 5.41) is 13.2. The van der Waals surface area contributed by atoms with Crippen molar-refractivity contribution in [3.05, 3.63) is 71.3 Å². The number of aromatic nitrogens is 5. The molecule has 7 rings (SSSR count). The second-order valence-electron chi connectivity index (χ2n) is 11.5. The average Bonchev–Trinajstić information content (AvgIpc) is 3.97. The Balaban J connectivity index is 1.31. The van der Waals surface area contributed by atoms with Crippen LogP contribution in [0.2, 0.25) is 0 Å². The Morgan fingerprint density at radius 1 is 0.820 bits per heavy atom. The number of fused-ring (bicyclic) bond motifs is 14. The highest BCUT2D eigenvalue weighted by Gasteiger charge is 2.32. The fourth-order valence-electron chi connectivity index (χ4n) is 5.10. The largest absolute Gasteiger partial charge is 0.443 e. The molecule has 3 atom stereocenters. The van der Waals surface area contributed by atoms with Gasteiger partial charge in [0.2, 0.25) is 29.5 Å². The van der Waals surface area contributed by atoms with Crippen LogP contribution >= 0.6 is 22.7 Å². The maximum atomic E-state index is 13.9. The summed E-state index contributed by atoms with van der Waals surface area (Å²) in [6, 6.07) is 7.10. The fraction of sp³-hybridized carbons (Fsp3) is 0.235. The summed E-state index contributed by atoms with van der Waals surface area (Å²) in [7, 11) is 0. The zero-order valence-corrected chi connectivity index (χ0v) is 28.8. The number of hydrogen-bond acceptors (Lipinski definition) is 13. The van der Waals surface area contributed by atoms with Crippen LogP contribution in [0, 0.1) is 5.92 Å². The SMILES string of the molecule is C/C=C1\NC(=O)C(C)NC(=O)C(C(C)CC)NC(=O)c2nc(oc2-c2ccccc2)-c2csc(n2)-c2csc(n2)-c2coc(n2)-c2coc1n2. The molecule has 3 amide bonds. The van der Waals surface area contributed by atoms with Crippen LogP contribution in [-0.4, -0.2) is 54.7 Å². The van der Waals surface area contributed by atoms with Gasteiger partial charge in [-0.1, -0.05) is 56.7 Å². The van der Waals surface area contributed by atoms with Gasteiger partial charge < -0.3 is 29.2 Å². The summed E-state index contributed by atoms with van der Waals surface area (Å²) in [6.07, 6.45) is 5.03. The predicted molar refractivity (Wildman–Crippen MR) is 185 cm³/mol. The van der Waals surface area contributed by atoms with E-state index in [9.17, 15) is 14.4 Å². The number of benzene rings is 1. The van der Waals surface area contributed by atoms with Crippen molar-refractivity contribution in [3.8, 4) is 55.9 Å². The van der Waals surface area contributed by atoms with Gasteiger partial charge in [-0.3, -0.25) is 14.4 Å². The lowest BCUT2D eigenvalue weighted by Crippen LogP contribution is -2.54. The van der Waals surface area contributed by atoms with Gasteiger partial charge in [-0.15, -0.1) is 22.7 Å². The Morgan fingerprint density at radius 2 is 1.50 bits per heavy atom. The number of amides is 3. The number of rotatable bonds is 3. The Labute approximate surface area is 293 Å². The molecule has 0 fully saturated rings. The van der Waals surface area contributed by atoms with Gasteiger partial charge >= 0.3 is 0 Å². The fourth-order valence-corrected chi connectivity index (χ4v) is 6.68. The van der Waals surface area contributed by atoms with Crippen molar-refractivity contribution < 1.29 is 27.6 Å². The highest BCUT2D eigenvalue weighted by Crippen LogP contribution is 2.35. The molecule has 10 bridgehead atoms. The summed E-state index contributed by atoms with van der Waals surface area (Å²) < 4.78 is 17.5. The molecule has 0 saturated heterocycles. The lowest BCUT2D eigenvalue weighted by Gasteiger charge is -2.25. The lowest BCUT2D eigenvalue weighted by molar-refractivity contribution is -0.129. The molecule has 1 aliphatic heterocycles. The van der Waals surface area contributed by atoms with Crippen LogP contribution in [-0.2, 0) is 9.59 Å². The van der Waals surface area contributed by atoms with Crippen molar-refractivity contribution in [1.29, 1.82) is 0 Å². The third kappa shape index (κ3) is 6.37. The number of nitrogens with one attached hydrogen (secondary N) is 3. The number of nitrogens with zero attached hydrogens (tertiary/aromatic N) is 5. The van der Waals surface area contributed by atoms with Gasteiger partial charge in [-0.05, 0) is 19.8 Å². The number of carbonyl (C=O) groups is 3. The van der Waals surface area contributed by atoms with Crippen molar-refractivity contribution in [3.63, 3.8) is 0 Å². The minimum atomic E-state index is -0.997. The van der Waals surface area contributed by atoms with Crippen LogP contribution in [0.15, 0.2) is 72.9 Å². The summed E-state index contributed by atoms with van der Waals surface area (Å²) in [5.74, 6) is -1.31. The quantitative estimate of drug-likeness (QED) is 0.194. The van der Waals surface area contributed by atoms with E-state index in [1.807, 2.05) is 37.4 Å². The highest BCUT2D eigenvalue weighted by molar-refractivity contribution is 7.15. The summed E-state index contributed by atoms with van der Waals surface area (Å²) >= 11 is 2.71. The summed E-state index contributed by atoms with van der Waals surface area (Å²) in [6.45, 7) is 6.99. The number of hydrogen-bond donors (Lipinski definition) is 3. The van der Waals surface area contributed by atoms with E-state index in [0.717, 1.165) is 0 Å². The maximum Gasteiger partial charge on any atom is 0.274 e. The smallest absolute Gasteiger partial charge is 0.274 e. The first-order valence-corrected chi connectivity index (χ1v) is 17.5. The monoisotopic (exact) mass is 710 g/mol. The van der Waals surface area contributed by atoms with Gasteiger partial charge in [0.25, 0.3) is 5.91 Å². The first-order valence-electron chi connectivity index (χ1n) is 15.7. The molecular formula is C34H30N8O6S2. The number of thiazole rings is 2. The van der Waals surface area contributed by atoms with Crippen molar-refractivity contribution >= 4 is 46.1 Å². The molecule has 0 spiro atoms. The highest BCUT2D eigenvalue weighted by atomic mass is 32.1. The van der Waals surface area contributed by atoms with E-state index in [2.05, 4.69) is 30.9 Å². The normalized spacial score (nSPS) is 18.2. The third-order valence-electron chi connectivity index (χ3n) is 8.08. The van der Waals surface area contributed by atoms with Gasteiger partial charge in [-0.2, -0.15) is 0 Å². The number of allylic oxidation sites excluding steroid dienone is 1. The molecular weight excluding hydrogens is 681 g/mol. The first-order chi connectivity index (χ1) is 24.2. The van der Waals surface area contributed by atoms with E-state index >= 15 is 0 Å². The van der Waals surface area contributed by atoms with E-state index < -0.39 is 29.8 Å². The molecule has 0 radical (unpaired) electrons.